The molecule has 0 bridgehead atoms. The average molecular weight is 239 g/mol. The summed E-state index contributed by atoms with van der Waals surface area (Å²) in [5, 5.41) is 0. The zero-order valence-electron chi connectivity index (χ0n) is 9.52. The molecule has 88 valence electrons. The van der Waals surface area contributed by atoms with Gasteiger partial charge in [-0.25, -0.2) is 8.42 Å². The topological polar surface area (TPSA) is 37.4 Å². The molecule has 0 amide bonds. The highest BCUT2D eigenvalue weighted by atomic mass is 32.2. The third-order valence-electron chi connectivity index (χ3n) is 2.84. The third kappa shape index (κ3) is 2.98. The Morgan fingerprint density at radius 2 is 1.69 bits per heavy atom. The van der Waals surface area contributed by atoms with Crippen LogP contribution in [0.15, 0.2) is 24.3 Å². The van der Waals surface area contributed by atoms with Crippen molar-refractivity contribution in [3.63, 3.8) is 0 Å². The predicted octanol–water partition coefficient (Wildman–Crippen LogP) is 1.83. The maximum atomic E-state index is 11.1. The molecule has 1 aromatic rings. The minimum absolute atomic E-state index is 0.132. The zero-order valence-corrected chi connectivity index (χ0v) is 10.3. The van der Waals surface area contributed by atoms with Crippen molar-refractivity contribution in [3.8, 4) is 0 Å². The first-order valence-corrected chi connectivity index (χ1v) is 7.62. The summed E-state index contributed by atoms with van der Waals surface area (Å²) in [6, 6.07) is 7.86. The first-order chi connectivity index (χ1) is 7.54. The van der Waals surface area contributed by atoms with Crippen molar-refractivity contribution in [3.05, 3.63) is 29.8 Å². The van der Waals surface area contributed by atoms with Crippen LogP contribution in [0.5, 0.6) is 0 Å². The molecular formula is C12H17NO2S. The summed E-state index contributed by atoms with van der Waals surface area (Å²) in [6.07, 6.45) is 3.78. The second-order valence-electron chi connectivity index (χ2n) is 4.43. The van der Waals surface area contributed by atoms with E-state index in [9.17, 15) is 8.42 Å². The molecule has 1 aromatic carbocycles. The van der Waals surface area contributed by atoms with Crippen LogP contribution in [0.2, 0.25) is 0 Å². The minimum atomic E-state index is -2.92. The van der Waals surface area contributed by atoms with Gasteiger partial charge in [-0.3, -0.25) is 0 Å². The third-order valence-corrected chi connectivity index (χ3v) is 3.69. The van der Waals surface area contributed by atoms with Crippen LogP contribution in [0.4, 0.5) is 5.69 Å². The Hall–Kier alpha value is -1.03. The number of hydrogen-bond acceptors (Lipinski definition) is 3. The molecule has 0 aromatic heterocycles. The van der Waals surface area contributed by atoms with Crippen molar-refractivity contribution >= 4 is 15.5 Å². The molecule has 1 fully saturated rings. The summed E-state index contributed by atoms with van der Waals surface area (Å²) < 4.78 is 22.3. The van der Waals surface area contributed by atoms with Crippen LogP contribution in [-0.4, -0.2) is 27.8 Å². The maximum Gasteiger partial charge on any atom is 0.151 e. The van der Waals surface area contributed by atoms with Crippen LogP contribution < -0.4 is 4.90 Å². The molecule has 16 heavy (non-hydrogen) atoms. The second kappa shape index (κ2) is 4.45. The summed E-state index contributed by atoms with van der Waals surface area (Å²) in [5.74, 6) is 0.132. The van der Waals surface area contributed by atoms with E-state index in [2.05, 4.69) is 4.90 Å². The number of sulfone groups is 1. The Labute approximate surface area is 97.0 Å². The van der Waals surface area contributed by atoms with Gasteiger partial charge in [0.15, 0.2) is 9.84 Å². The fourth-order valence-electron chi connectivity index (χ4n) is 2.08. The van der Waals surface area contributed by atoms with Gasteiger partial charge in [-0.2, -0.15) is 0 Å². The molecule has 3 nitrogen and oxygen atoms in total. The lowest BCUT2D eigenvalue weighted by Gasteiger charge is -2.17. The summed E-state index contributed by atoms with van der Waals surface area (Å²) in [5.41, 5.74) is 2.07. The zero-order chi connectivity index (χ0) is 11.6. The molecule has 0 N–H and O–H groups in total. The molecule has 1 aliphatic heterocycles. The van der Waals surface area contributed by atoms with Gasteiger partial charge in [0.1, 0.15) is 0 Å². The van der Waals surface area contributed by atoms with Crippen molar-refractivity contribution in [2.24, 2.45) is 0 Å². The Morgan fingerprint density at radius 3 is 2.19 bits per heavy atom. The molecule has 1 heterocycles. The summed E-state index contributed by atoms with van der Waals surface area (Å²) >= 11 is 0. The van der Waals surface area contributed by atoms with Crippen LogP contribution in [0.3, 0.4) is 0 Å². The Morgan fingerprint density at radius 1 is 1.12 bits per heavy atom. The van der Waals surface area contributed by atoms with E-state index in [0.717, 1.165) is 18.7 Å². The summed E-state index contributed by atoms with van der Waals surface area (Å²) in [6.45, 7) is 2.23. The molecule has 0 radical (unpaired) electrons. The van der Waals surface area contributed by atoms with Crippen LogP contribution in [0.25, 0.3) is 0 Å². The SMILES string of the molecule is CS(=O)(=O)Cc1ccc(N2CCCC2)cc1. The fourth-order valence-corrected chi connectivity index (χ4v) is 2.88. The molecule has 0 unspecified atom stereocenters. The van der Waals surface area contributed by atoms with Gasteiger partial charge in [0.25, 0.3) is 0 Å². The molecule has 0 aliphatic carbocycles. The van der Waals surface area contributed by atoms with E-state index in [1.54, 1.807) is 0 Å². The maximum absolute atomic E-state index is 11.1. The number of benzene rings is 1. The molecule has 1 aliphatic rings. The molecule has 0 spiro atoms. The van der Waals surface area contributed by atoms with Gasteiger partial charge in [0.05, 0.1) is 5.75 Å². The largest absolute Gasteiger partial charge is 0.372 e. The first-order valence-electron chi connectivity index (χ1n) is 5.56. The molecule has 1 saturated heterocycles. The van der Waals surface area contributed by atoms with Crippen LogP contribution in [-0.2, 0) is 15.6 Å². The van der Waals surface area contributed by atoms with E-state index < -0.39 is 9.84 Å². The van der Waals surface area contributed by atoms with Crippen molar-refractivity contribution in [2.45, 2.75) is 18.6 Å². The lowest BCUT2D eigenvalue weighted by Crippen LogP contribution is -2.17. The second-order valence-corrected chi connectivity index (χ2v) is 6.57. The lowest BCUT2D eigenvalue weighted by molar-refractivity contribution is 0.601. The molecule has 4 heteroatoms. The Balaban J connectivity index is 2.10. The van der Waals surface area contributed by atoms with Gasteiger partial charge < -0.3 is 4.90 Å². The highest BCUT2D eigenvalue weighted by Crippen LogP contribution is 2.20. The van der Waals surface area contributed by atoms with Crippen molar-refractivity contribution in [1.29, 1.82) is 0 Å². The van der Waals surface area contributed by atoms with Gasteiger partial charge in [0, 0.05) is 25.0 Å². The summed E-state index contributed by atoms with van der Waals surface area (Å²) in [7, 11) is -2.92. The summed E-state index contributed by atoms with van der Waals surface area (Å²) in [4.78, 5) is 2.34. The van der Waals surface area contributed by atoms with E-state index >= 15 is 0 Å². The van der Waals surface area contributed by atoms with Crippen molar-refractivity contribution in [2.75, 3.05) is 24.2 Å². The number of nitrogens with zero attached hydrogens (tertiary/aromatic N) is 1. The lowest BCUT2D eigenvalue weighted by atomic mass is 10.2. The first kappa shape index (κ1) is 11.5. The van der Waals surface area contributed by atoms with E-state index in [1.165, 1.54) is 24.8 Å². The van der Waals surface area contributed by atoms with Gasteiger partial charge in [-0.05, 0) is 30.5 Å². The minimum Gasteiger partial charge on any atom is -0.372 e. The highest BCUT2D eigenvalue weighted by Gasteiger charge is 2.12. The van der Waals surface area contributed by atoms with E-state index in [0.29, 0.717) is 0 Å². The number of anilines is 1. The highest BCUT2D eigenvalue weighted by molar-refractivity contribution is 7.89. The van der Waals surface area contributed by atoms with E-state index in [1.807, 2.05) is 24.3 Å². The van der Waals surface area contributed by atoms with Crippen molar-refractivity contribution < 1.29 is 8.42 Å². The average Bonchev–Trinajstić information content (AvgIpc) is 2.69. The Bertz CT molecular complexity index is 444. The van der Waals surface area contributed by atoms with E-state index in [-0.39, 0.29) is 5.75 Å². The quantitative estimate of drug-likeness (QED) is 0.807. The molecular weight excluding hydrogens is 222 g/mol. The number of hydrogen-bond donors (Lipinski definition) is 0. The van der Waals surface area contributed by atoms with Crippen LogP contribution >= 0.6 is 0 Å². The standard InChI is InChI=1S/C12H17NO2S/c1-16(14,15)10-11-4-6-12(7-5-11)13-8-2-3-9-13/h4-7H,2-3,8-10H2,1H3. The molecule has 0 saturated carbocycles. The fraction of sp³-hybridized carbons (Fsp3) is 0.500. The smallest absolute Gasteiger partial charge is 0.151 e. The molecule has 2 rings (SSSR count). The normalized spacial score (nSPS) is 16.7. The van der Waals surface area contributed by atoms with Crippen LogP contribution in [0, 0.1) is 0 Å². The van der Waals surface area contributed by atoms with Gasteiger partial charge in [-0.15, -0.1) is 0 Å². The van der Waals surface area contributed by atoms with Gasteiger partial charge >= 0.3 is 0 Å². The van der Waals surface area contributed by atoms with Crippen molar-refractivity contribution in [1.82, 2.24) is 0 Å². The van der Waals surface area contributed by atoms with Crippen LogP contribution in [0.1, 0.15) is 18.4 Å². The Kier molecular flexibility index (Phi) is 3.19. The monoisotopic (exact) mass is 239 g/mol. The number of rotatable bonds is 3. The van der Waals surface area contributed by atoms with Gasteiger partial charge in [-0.1, -0.05) is 12.1 Å². The van der Waals surface area contributed by atoms with E-state index in [4.69, 9.17) is 0 Å². The molecule has 0 atom stereocenters. The van der Waals surface area contributed by atoms with Gasteiger partial charge in [0.2, 0.25) is 0 Å². The predicted molar refractivity (Wildman–Crippen MR) is 66.4 cm³/mol.